The Balaban J connectivity index is 0.00000133. The number of amides is 1. The standard InChI is InChI=1S/C13H20N4O.ClH/c1-10-15-4-6-16(10)9-12-3-2-5-17(12)13(18)11-7-14-8-11;/h4,6,11-12,14H,2-3,5,7-9H2,1H3;1H. The lowest BCUT2D eigenvalue weighted by Crippen LogP contribution is -2.53. The van der Waals surface area contributed by atoms with E-state index in [1.165, 1.54) is 0 Å². The summed E-state index contributed by atoms with van der Waals surface area (Å²) in [6, 6.07) is 0.353. The van der Waals surface area contributed by atoms with E-state index < -0.39 is 0 Å². The first-order chi connectivity index (χ1) is 8.75. The van der Waals surface area contributed by atoms with Gasteiger partial charge in [0.2, 0.25) is 5.91 Å². The number of nitrogens with zero attached hydrogens (tertiary/aromatic N) is 3. The maximum Gasteiger partial charge on any atom is 0.228 e. The van der Waals surface area contributed by atoms with Crippen molar-refractivity contribution in [3.8, 4) is 0 Å². The van der Waals surface area contributed by atoms with E-state index in [4.69, 9.17) is 0 Å². The number of carbonyl (C=O) groups is 1. The highest BCUT2D eigenvalue weighted by Crippen LogP contribution is 2.22. The molecule has 1 aromatic rings. The Morgan fingerprint density at radius 1 is 1.53 bits per heavy atom. The number of likely N-dealkylation sites (tertiary alicyclic amines) is 1. The van der Waals surface area contributed by atoms with Crippen LogP contribution in [0.4, 0.5) is 0 Å². The van der Waals surface area contributed by atoms with Crippen molar-refractivity contribution in [2.75, 3.05) is 19.6 Å². The second-order valence-electron chi connectivity index (χ2n) is 5.31. The molecule has 0 spiro atoms. The van der Waals surface area contributed by atoms with E-state index in [1.54, 1.807) is 0 Å². The average molecular weight is 285 g/mol. The van der Waals surface area contributed by atoms with E-state index >= 15 is 0 Å². The zero-order valence-corrected chi connectivity index (χ0v) is 12.0. The Bertz CT molecular complexity index is 444. The number of aryl methyl sites for hydroxylation is 1. The van der Waals surface area contributed by atoms with E-state index in [9.17, 15) is 4.79 Å². The summed E-state index contributed by atoms with van der Waals surface area (Å²) in [5, 5.41) is 3.17. The molecule has 0 bridgehead atoms. The molecule has 1 unspecified atom stereocenters. The summed E-state index contributed by atoms with van der Waals surface area (Å²) in [5.41, 5.74) is 0. The SMILES string of the molecule is Cc1nccn1CC1CCCN1C(=O)C1CNC1.Cl. The van der Waals surface area contributed by atoms with E-state index in [2.05, 4.69) is 19.8 Å². The van der Waals surface area contributed by atoms with E-state index in [-0.39, 0.29) is 18.3 Å². The van der Waals surface area contributed by atoms with Gasteiger partial charge in [-0.2, -0.15) is 0 Å². The monoisotopic (exact) mass is 284 g/mol. The van der Waals surface area contributed by atoms with Gasteiger partial charge < -0.3 is 14.8 Å². The number of carbonyl (C=O) groups excluding carboxylic acids is 1. The molecular formula is C13H21ClN4O. The van der Waals surface area contributed by atoms with E-state index in [0.29, 0.717) is 11.9 Å². The molecular weight excluding hydrogens is 264 g/mol. The number of hydrogen-bond donors (Lipinski definition) is 1. The summed E-state index contributed by atoms with van der Waals surface area (Å²) in [6.45, 7) is 5.53. The van der Waals surface area contributed by atoms with Gasteiger partial charge in [-0.15, -0.1) is 12.4 Å². The van der Waals surface area contributed by atoms with Crippen LogP contribution in [0.25, 0.3) is 0 Å². The molecule has 1 atom stereocenters. The molecule has 1 aromatic heterocycles. The molecule has 3 heterocycles. The molecule has 2 aliphatic heterocycles. The summed E-state index contributed by atoms with van der Waals surface area (Å²) in [6.07, 6.45) is 6.07. The van der Waals surface area contributed by atoms with Crippen LogP contribution in [0.1, 0.15) is 18.7 Å². The van der Waals surface area contributed by atoms with E-state index in [0.717, 1.165) is 44.8 Å². The van der Waals surface area contributed by atoms with Gasteiger partial charge in [-0.1, -0.05) is 0 Å². The van der Waals surface area contributed by atoms with Crippen LogP contribution in [-0.4, -0.2) is 46.0 Å². The Morgan fingerprint density at radius 3 is 2.89 bits per heavy atom. The Kier molecular flexibility index (Phi) is 4.47. The van der Waals surface area contributed by atoms with Crippen LogP contribution >= 0.6 is 12.4 Å². The van der Waals surface area contributed by atoms with Crippen molar-refractivity contribution in [2.45, 2.75) is 32.4 Å². The van der Waals surface area contributed by atoms with Crippen LogP contribution in [0.5, 0.6) is 0 Å². The van der Waals surface area contributed by atoms with Gasteiger partial charge in [0.05, 0.1) is 5.92 Å². The third-order valence-electron chi connectivity index (χ3n) is 4.12. The van der Waals surface area contributed by atoms with Crippen molar-refractivity contribution < 1.29 is 4.79 Å². The summed E-state index contributed by atoms with van der Waals surface area (Å²) in [4.78, 5) is 18.6. The molecule has 3 rings (SSSR count). The molecule has 0 aliphatic carbocycles. The number of hydrogen-bond acceptors (Lipinski definition) is 3. The molecule has 6 heteroatoms. The zero-order chi connectivity index (χ0) is 12.5. The number of nitrogens with one attached hydrogen (secondary N) is 1. The first-order valence-electron chi connectivity index (χ1n) is 6.74. The maximum atomic E-state index is 12.3. The third-order valence-corrected chi connectivity index (χ3v) is 4.12. The molecule has 19 heavy (non-hydrogen) atoms. The fraction of sp³-hybridized carbons (Fsp3) is 0.692. The van der Waals surface area contributed by atoms with Gasteiger partial charge in [-0.25, -0.2) is 4.98 Å². The minimum absolute atomic E-state index is 0. The van der Waals surface area contributed by atoms with Crippen molar-refractivity contribution in [3.05, 3.63) is 18.2 Å². The first-order valence-corrected chi connectivity index (χ1v) is 6.74. The maximum absolute atomic E-state index is 12.3. The average Bonchev–Trinajstić information content (AvgIpc) is 2.87. The van der Waals surface area contributed by atoms with Crippen molar-refractivity contribution >= 4 is 18.3 Å². The molecule has 106 valence electrons. The molecule has 2 saturated heterocycles. The Hall–Kier alpha value is -1.07. The largest absolute Gasteiger partial charge is 0.338 e. The lowest BCUT2D eigenvalue weighted by atomic mass is 10.0. The molecule has 1 N–H and O–H groups in total. The molecule has 0 radical (unpaired) electrons. The molecule has 2 fully saturated rings. The topological polar surface area (TPSA) is 50.2 Å². The fourth-order valence-electron chi connectivity index (χ4n) is 2.84. The van der Waals surface area contributed by atoms with Gasteiger partial charge in [0, 0.05) is 44.6 Å². The van der Waals surface area contributed by atoms with E-state index in [1.807, 2.05) is 19.3 Å². The highest BCUT2D eigenvalue weighted by Gasteiger charge is 2.35. The third kappa shape index (κ3) is 2.77. The van der Waals surface area contributed by atoms with Crippen molar-refractivity contribution in [1.82, 2.24) is 19.8 Å². The fourth-order valence-corrected chi connectivity index (χ4v) is 2.84. The first kappa shape index (κ1) is 14.3. The summed E-state index contributed by atoms with van der Waals surface area (Å²) in [5.74, 6) is 1.59. The molecule has 0 saturated carbocycles. The minimum Gasteiger partial charge on any atom is -0.338 e. The molecule has 5 nitrogen and oxygen atoms in total. The second kappa shape index (κ2) is 5.92. The molecule has 1 amide bonds. The van der Waals surface area contributed by atoms with Gasteiger partial charge in [0.15, 0.2) is 0 Å². The summed E-state index contributed by atoms with van der Waals surface area (Å²) in [7, 11) is 0. The number of aromatic nitrogens is 2. The number of halogens is 1. The van der Waals surface area contributed by atoms with Crippen LogP contribution in [0.15, 0.2) is 12.4 Å². The van der Waals surface area contributed by atoms with Gasteiger partial charge in [-0.05, 0) is 19.8 Å². The predicted molar refractivity (Wildman–Crippen MR) is 75.3 cm³/mol. The number of rotatable bonds is 3. The van der Waals surface area contributed by atoms with Crippen molar-refractivity contribution in [1.29, 1.82) is 0 Å². The minimum atomic E-state index is 0. The summed E-state index contributed by atoms with van der Waals surface area (Å²) >= 11 is 0. The normalized spacial score (nSPS) is 23.0. The quantitative estimate of drug-likeness (QED) is 0.894. The Labute approximate surface area is 119 Å². The highest BCUT2D eigenvalue weighted by atomic mass is 35.5. The smallest absolute Gasteiger partial charge is 0.228 e. The van der Waals surface area contributed by atoms with Gasteiger partial charge >= 0.3 is 0 Å². The van der Waals surface area contributed by atoms with Crippen LogP contribution < -0.4 is 5.32 Å². The molecule has 2 aliphatic rings. The lowest BCUT2D eigenvalue weighted by Gasteiger charge is -2.33. The van der Waals surface area contributed by atoms with Gasteiger partial charge in [0.1, 0.15) is 5.82 Å². The lowest BCUT2D eigenvalue weighted by molar-refractivity contribution is -0.138. The summed E-state index contributed by atoms with van der Waals surface area (Å²) < 4.78 is 2.15. The molecule has 0 aromatic carbocycles. The predicted octanol–water partition coefficient (Wildman–Crippen LogP) is 0.824. The van der Waals surface area contributed by atoms with Gasteiger partial charge in [0.25, 0.3) is 0 Å². The van der Waals surface area contributed by atoms with Crippen LogP contribution in [-0.2, 0) is 11.3 Å². The van der Waals surface area contributed by atoms with Gasteiger partial charge in [-0.3, -0.25) is 4.79 Å². The number of imidazole rings is 1. The Morgan fingerprint density at radius 2 is 2.32 bits per heavy atom. The van der Waals surface area contributed by atoms with Crippen LogP contribution in [0.3, 0.4) is 0 Å². The zero-order valence-electron chi connectivity index (χ0n) is 11.2. The highest BCUT2D eigenvalue weighted by molar-refractivity contribution is 5.85. The van der Waals surface area contributed by atoms with Crippen LogP contribution in [0.2, 0.25) is 0 Å². The van der Waals surface area contributed by atoms with Crippen molar-refractivity contribution in [3.63, 3.8) is 0 Å². The van der Waals surface area contributed by atoms with Crippen LogP contribution in [0, 0.1) is 12.8 Å². The van der Waals surface area contributed by atoms with Crippen molar-refractivity contribution in [2.24, 2.45) is 5.92 Å². The second-order valence-corrected chi connectivity index (χ2v) is 5.31.